The van der Waals surface area contributed by atoms with Crippen LogP contribution in [-0.4, -0.2) is 11.2 Å². The standard InChI is InChI=1S/C16H25NO2/c1-4-7-8-14(6-3)12-17-10-9-15(18)16(13-17)19-11-5-2/h5,9-10,13-14H,2,4,6-8,11-12H2,1,3H3. The predicted molar refractivity (Wildman–Crippen MR) is 79.7 cm³/mol. The van der Waals surface area contributed by atoms with E-state index in [2.05, 4.69) is 25.0 Å². The molecule has 0 spiro atoms. The fraction of sp³-hybridized carbons (Fsp3) is 0.562. The highest BCUT2D eigenvalue weighted by Crippen LogP contribution is 2.15. The predicted octanol–water partition coefficient (Wildman–Crippen LogP) is 3.63. The maximum Gasteiger partial charge on any atom is 0.223 e. The van der Waals surface area contributed by atoms with Gasteiger partial charge in [0.1, 0.15) is 6.61 Å². The third kappa shape index (κ3) is 5.33. The molecular weight excluding hydrogens is 238 g/mol. The molecule has 0 radical (unpaired) electrons. The first-order valence-electron chi connectivity index (χ1n) is 7.15. The molecule has 1 heterocycles. The summed E-state index contributed by atoms with van der Waals surface area (Å²) in [5, 5.41) is 0. The zero-order valence-corrected chi connectivity index (χ0v) is 12.1. The second-order valence-electron chi connectivity index (χ2n) is 4.89. The van der Waals surface area contributed by atoms with Gasteiger partial charge in [0.25, 0.3) is 0 Å². The van der Waals surface area contributed by atoms with Crippen molar-refractivity contribution in [3.05, 3.63) is 41.3 Å². The normalized spacial score (nSPS) is 12.1. The van der Waals surface area contributed by atoms with Crippen molar-refractivity contribution < 1.29 is 4.74 Å². The molecule has 0 aliphatic rings. The third-order valence-corrected chi connectivity index (χ3v) is 3.31. The molecule has 0 saturated heterocycles. The van der Waals surface area contributed by atoms with Crippen LogP contribution < -0.4 is 10.2 Å². The number of rotatable bonds is 9. The minimum atomic E-state index is -0.0697. The summed E-state index contributed by atoms with van der Waals surface area (Å²) >= 11 is 0. The highest BCUT2D eigenvalue weighted by atomic mass is 16.5. The molecule has 106 valence electrons. The van der Waals surface area contributed by atoms with Crippen LogP contribution in [0.3, 0.4) is 0 Å². The monoisotopic (exact) mass is 263 g/mol. The van der Waals surface area contributed by atoms with Gasteiger partial charge in [-0.2, -0.15) is 0 Å². The fourth-order valence-corrected chi connectivity index (χ4v) is 2.09. The van der Waals surface area contributed by atoms with E-state index in [4.69, 9.17) is 4.74 Å². The van der Waals surface area contributed by atoms with Crippen molar-refractivity contribution in [1.29, 1.82) is 0 Å². The van der Waals surface area contributed by atoms with Crippen molar-refractivity contribution in [3.8, 4) is 5.75 Å². The van der Waals surface area contributed by atoms with E-state index in [9.17, 15) is 4.79 Å². The van der Waals surface area contributed by atoms with Gasteiger partial charge in [-0.05, 0) is 12.3 Å². The largest absolute Gasteiger partial charge is 0.484 e. The second kappa shape index (κ2) is 8.57. The quantitative estimate of drug-likeness (QED) is 0.637. The molecule has 0 N–H and O–H groups in total. The third-order valence-electron chi connectivity index (χ3n) is 3.31. The molecule has 1 aromatic rings. The van der Waals surface area contributed by atoms with Crippen LogP contribution >= 0.6 is 0 Å². The first kappa shape index (κ1) is 15.5. The summed E-state index contributed by atoms with van der Waals surface area (Å²) in [6, 6.07) is 1.57. The smallest absolute Gasteiger partial charge is 0.223 e. The Hall–Kier alpha value is -1.51. The van der Waals surface area contributed by atoms with Crippen molar-refractivity contribution in [3.63, 3.8) is 0 Å². The fourth-order valence-electron chi connectivity index (χ4n) is 2.09. The van der Waals surface area contributed by atoms with Gasteiger partial charge in [0, 0.05) is 18.8 Å². The average molecular weight is 263 g/mol. The Bertz CT molecular complexity index is 437. The Morgan fingerprint density at radius 3 is 2.89 bits per heavy atom. The molecule has 0 aromatic carbocycles. The Balaban J connectivity index is 2.71. The first-order chi connectivity index (χ1) is 9.21. The van der Waals surface area contributed by atoms with Gasteiger partial charge in [-0.3, -0.25) is 4.79 Å². The Labute approximate surface area is 115 Å². The molecule has 1 aromatic heterocycles. The van der Waals surface area contributed by atoms with Crippen LogP contribution in [0.1, 0.15) is 39.5 Å². The molecule has 0 aliphatic carbocycles. The Morgan fingerprint density at radius 1 is 1.47 bits per heavy atom. The summed E-state index contributed by atoms with van der Waals surface area (Å²) in [5.74, 6) is 1.07. The summed E-state index contributed by atoms with van der Waals surface area (Å²) in [4.78, 5) is 11.6. The van der Waals surface area contributed by atoms with Crippen LogP contribution in [0.25, 0.3) is 0 Å². The lowest BCUT2D eigenvalue weighted by Crippen LogP contribution is -2.14. The van der Waals surface area contributed by atoms with Crippen molar-refractivity contribution in [2.75, 3.05) is 6.61 Å². The number of nitrogens with zero attached hydrogens (tertiary/aromatic N) is 1. The Kier molecular flexibility index (Phi) is 7.01. The van der Waals surface area contributed by atoms with E-state index in [0.717, 1.165) is 13.0 Å². The van der Waals surface area contributed by atoms with E-state index in [1.165, 1.54) is 19.3 Å². The molecule has 19 heavy (non-hydrogen) atoms. The first-order valence-corrected chi connectivity index (χ1v) is 7.15. The topological polar surface area (TPSA) is 31.2 Å². The average Bonchev–Trinajstić information content (AvgIpc) is 2.43. The molecule has 0 saturated carbocycles. The van der Waals surface area contributed by atoms with E-state index in [0.29, 0.717) is 18.3 Å². The van der Waals surface area contributed by atoms with Gasteiger partial charge in [0.05, 0.1) is 6.20 Å². The molecule has 0 amide bonds. The van der Waals surface area contributed by atoms with E-state index < -0.39 is 0 Å². The summed E-state index contributed by atoms with van der Waals surface area (Å²) in [5.41, 5.74) is -0.0697. The van der Waals surface area contributed by atoms with Gasteiger partial charge in [0.15, 0.2) is 5.75 Å². The van der Waals surface area contributed by atoms with Crippen LogP contribution in [0.4, 0.5) is 0 Å². The number of hydrogen-bond donors (Lipinski definition) is 0. The number of pyridine rings is 1. The summed E-state index contributed by atoms with van der Waals surface area (Å²) in [6.45, 7) is 9.34. The minimum absolute atomic E-state index is 0.0697. The molecule has 1 atom stereocenters. The lowest BCUT2D eigenvalue weighted by Gasteiger charge is -2.17. The lowest BCUT2D eigenvalue weighted by molar-refractivity contribution is 0.347. The molecular formula is C16H25NO2. The number of unbranched alkanes of at least 4 members (excludes halogenated alkanes) is 1. The molecule has 0 aliphatic heterocycles. The van der Waals surface area contributed by atoms with Gasteiger partial charge in [-0.1, -0.05) is 45.8 Å². The Morgan fingerprint density at radius 2 is 2.26 bits per heavy atom. The highest BCUT2D eigenvalue weighted by Gasteiger charge is 2.08. The molecule has 1 rings (SSSR count). The molecule has 3 nitrogen and oxygen atoms in total. The van der Waals surface area contributed by atoms with Gasteiger partial charge in [0.2, 0.25) is 5.43 Å². The highest BCUT2D eigenvalue weighted by molar-refractivity contribution is 5.17. The maximum atomic E-state index is 11.6. The second-order valence-corrected chi connectivity index (χ2v) is 4.89. The zero-order valence-electron chi connectivity index (χ0n) is 12.1. The maximum absolute atomic E-state index is 11.6. The van der Waals surface area contributed by atoms with Crippen LogP contribution in [0.15, 0.2) is 35.9 Å². The van der Waals surface area contributed by atoms with Crippen molar-refractivity contribution in [1.82, 2.24) is 4.57 Å². The molecule has 3 heteroatoms. The van der Waals surface area contributed by atoms with Crippen molar-refractivity contribution in [2.24, 2.45) is 5.92 Å². The van der Waals surface area contributed by atoms with Crippen LogP contribution in [0, 0.1) is 5.92 Å². The SMILES string of the molecule is C=CCOc1cn(CC(CC)CCCC)ccc1=O. The van der Waals surface area contributed by atoms with Gasteiger partial charge < -0.3 is 9.30 Å². The van der Waals surface area contributed by atoms with E-state index in [1.807, 2.05) is 6.20 Å². The van der Waals surface area contributed by atoms with E-state index in [-0.39, 0.29) is 5.43 Å². The zero-order chi connectivity index (χ0) is 14.1. The summed E-state index contributed by atoms with van der Waals surface area (Å²) < 4.78 is 7.43. The van der Waals surface area contributed by atoms with Crippen molar-refractivity contribution in [2.45, 2.75) is 46.1 Å². The summed E-state index contributed by atoms with van der Waals surface area (Å²) in [7, 11) is 0. The lowest BCUT2D eigenvalue weighted by atomic mass is 9.99. The number of ether oxygens (including phenoxy) is 1. The number of hydrogen-bond acceptors (Lipinski definition) is 2. The van der Waals surface area contributed by atoms with E-state index in [1.54, 1.807) is 18.3 Å². The van der Waals surface area contributed by atoms with Crippen LogP contribution in [-0.2, 0) is 6.54 Å². The van der Waals surface area contributed by atoms with Gasteiger partial charge in [-0.15, -0.1) is 0 Å². The number of aromatic nitrogens is 1. The van der Waals surface area contributed by atoms with Crippen molar-refractivity contribution >= 4 is 0 Å². The molecule has 0 bridgehead atoms. The van der Waals surface area contributed by atoms with E-state index >= 15 is 0 Å². The molecule has 0 fully saturated rings. The van der Waals surface area contributed by atoms with Gasteiger partial charge >= 0.3 is 0 Å². The molecule has 1 unspecified atom stereocenters. The minimum Gasteiger partial charge on any atom is -0.484 e. The van der Waals surface area contributed by atoms with Gasteiger partial charge in [-0.25, -0.2) is 0 Å². The van der Waals surface area contributed by atoms with Crippen LogP contribution in [0.2, 0.25) is 0 Å². The van der Waals surface area contributed by atoms with Crippen LogP contribution in [0.5, 0.6) is 5.75 Å². The summed E-state index contributed by atoms with van der Waals surface area (Å²) in [6.07, 6.45) is 10.2.